The molecule has 2 aromatic carbocycles. The van der Waals surface area contributed by atoms with E-state index >= 15 is 0 Å². The van der Waals surface area contributed by atoms with E-state index in [0.29, 0.717) is 13.1 Å². The van der Waals surface area contributed by atoms with Crippen molar-refractivity contribution in [3.8, 4) is 0 Å². The number of nitrogens with zero attached hydrogens (tertiary/aromatic N) is 1. The average Bonchev–Trinajstić information content (AvgIpc) is 2.65. The molecule has 5 heteroatoms. The Morgan fingerprint density at radius 3 is 2.46 bits per heavy atom. The van der Waals surface area contributed by atoms with E-state index in [1.807, 2.05) is 62.4 Å². The number of likely N-dealkylation sites (tertiary alicyclic amines) is 1. The van der Waals surface area contributed by atoms with E-state index in [1.165, 1.54) is 5.56 Å². The van der Waals surface area contributed by atoms with Gasteiger partial charge in [0.05, 0.1) is 5.92 Å². The van der Waals surface area contributed by atoms with Crippen molar-refractivity contribution in [1.29, 1.82) is 0 Å². The van der Waals surface area contributed by atoms with Crippen molar-refractivity contribution in [2.75, 3.05) is 23.7 Å². The highest BCUT2D eigenvalue weighted by molar-refractivity contribution is 5.94. The number of amides is 3. The second-order valence-corrected chi connectivity index (χ2v) is 6.87. The van der Waals surface area contributed by atoms with Crippen LogP contribution < -0.4 is 10.6 Å². The molecule has 1 saturated heterocycles. The van der Waals surface area contributed by atoms with Crippen LogP contribution in [0.15, 0.2) is 48.5 Å². The molecule has 0 bridgehead atoms. The van der Waals surface area contributed by atoms with Crippen molar-refractivity contribution < 1.29 is 9.59 Å². The normalized spacial score (nSPS) is 16.8. The number of hydrogen-bond acceptors (Lipinski definition) is 2. The highest BCUT2D eigenvalue weighted by atomic mass is 16.2. The van der Waals surface area contributed by atoms with Crippen molar-refractivity contribution in [2.45, 2.75) is 26.7 Å². The number of carbonyl (C=O) groups excluding carboxylic acids is 2. The summed E-state index contributed by atoms with van der Waals surface area (Å²) in [6.45, 7) is 5.19. The standard InChI is InChI=1S/C21H25N3O2/c1-15-10-11-19(13-16(15)2)22-20(25)17-7-6-12-24(14-17)21(26)23-18-8-4-3-5-9-18/h3-5,8-11,13,17H,6-7,12,14H2,1-2H3,(H,22,25)(H,23,26)/t17-/m1/s1. The number of anilines is 2. The number of para-hydroxylation sites is 1. The first-order valence-corrected chi connectivity index (χ1v) is 9.02. The summed E-state index contributed by atoms with van der Waals surface area (Å²) in [6, 6.07) is 15.1. The summed E-state index contributed by atoms with van der Waals surface area (Å²) in [5, 5.41) is 5.88. The Balaban J connectivity index is 1.59. The summed E-state index contributed by atoms with van der Waals surface area (Å²) in [4.78, 5) is 26.8. The average molecular weight is 351 g/mol. The molecule has 3 amide bonds. The zero-order valence-corrected chi connectivity index (χ0v) is 15.3. The number of rotatable bonds is 3. The predicted molar refractivity (Wildman–Crippen MR) is 104 cm³/mol. The summed E-state index contributed by atoms with van der Waals surface area (Å²) in [7, 11) is 0. The Kier molecular flexibility index (Phi) is 5.56. The molecule has 26 heavy (non-hydrogen) atoms. The van der Waals surface area contributed by atoms with Gasteiger partial charge in [-0.25, -0.2) is 4.79 Å². The van der Waals surface area contributed by atoms with Gasteiger partial charge in [0.25, 0.3) is 0 Å². The van der Waals surface area contributed by atoms with Gasteiger partial charge in [-0.1, -0.05) is 24.3 Å². The highest BCUT2D eigenvalue weighted by Crippen LogP contribution is 2.21. The monoisotopic (exact) mass is 351 g/mol. The van der Waals surface area contributed by atoms with Gasteiger partial charge in [-0.15, -0.1) is 0 Å². The van der Waals surface area contributed by atoms with E-state index in [4.69, 9.17) is 0 Å². The molecule has 2 N–H and O–H groups in total. The minimum absolute atomic E-state index is 0.0227. The lowest BCUT2D eigenvalue weighted by Gasteiger charge is -2.32. The Labute approximate surface area is 154 Å². The van der Waals surface area contributed by atoms with Gasteiger partial charge in [0.1, 0.15) is 0 Å². The van der Waals surface area contributed by atoms with Gasteiger partial charge in [-0.2, -0.15) is 0 Å². The second kappa shape index (κ2) is 8.04. The number of hydrogen-bond donors (Lipinski definition) is 2. The van der Waals surface area contributed by atoms with Crippen molar-refractivity contribution in [1.82, 2.24) is 4.90 Å². The van der Waals surface area contributed by atoms with E-state index in [1.54, 1.807) is 4.90 Å². The van der Waals surface area contributed by atoms with E-state index in [-0.39, 0.29) is 17.9 Å². The van der Waals surface area contributed by atoms with Crippen LogP contribution in [0.5, 0.6) is 0 Å². The van der Waals surface area contributed by atoms with Crippen molar-refractivity contribution >= 4 is 23.3 Å². The molecule has 1 atom stereocenters. The van der Waals surface area contributed by atoms with Gasteiger partial charge in [-0.3, -0.25) is 4.79 Å². The van der Waals surface area contributed by atoms with Crippen LogP contribution in [-0.2, 0) is 4.79 Å². The number of aryl methyl sites for hydroxylation is 2. The van der Waals surface area contributed by atoms with E-state index in [9.17, 15) is 9.59 Å². The fourth-order valence-electron chi connectivity index (χ4n) is 3.16. The van der Waals surface area contributed by atoms with Crippen LogP contribution in [0.25, 0.3) is 0 Å². The first kappa shape index (κ1) is 18.0. The fourth-order valence-corrected chi connectivity index (χ4v) is 3.16. The molecule has 1 heterocycles. The van der Waals surface area contributed by atoms with Crippen LogP contribution in [-0.4, -0.2) is 29.9 Å². The Morgan fingerprint density at radius 1 is 0.962 bits per heavy atom. The second-order valence-electron chi connectivity index (χ2n) is 6.87. The lowest BCUT2D eigenvalue weighted by Crippen LogP contribution is -2.45. The molecule has 1 aliphatic rings. The maximum absolute atomic E-state index is 12.6. The SMILES string of the molecule is Cc1ccc(NC(=O)[C@@H]2CCCN(C(=O)Nc3ccccc3)C2)cc1C. The van der Waals surface area contributed by atoms with Gasteiger partial charge in [0.2, 0.25) is 5.91 Å². The lowest BCUT2D eigenvalue weighted by molar-refractivity contribution is -0.121. The van der Waals surface area contributed by atoms with Crippen molar-refractivity contribution in [2.24, 2.45) is 5.92 Å². The molecule has 0 spiro atoms. The van der Waals surface area contributed by atoms with Crippen LogP contribution in [0.3, 0.4) is 0 Å². The molecule has 0 unspecified atom stereocenters. The molecular weight excluding hydrogens is 326 g/mol. The molecule has 3 rings (SSSR count). The third-order valence-electron chi connectivity index (χ3n) is 4.88. The van der Waals surface area contributed by atoms with Crippen LogP contribution in [0.4, 0.5) is 16.2 Å². The van der Waals surface area contributed by atoms with Gasteiger partial charge in [-0.05, 0) is 62.1 Å². The molecule has 1 aliphatic heterocycles. The number of urea groups is 1. The zero-order chi connectivity index (χ0) is 18.5. The molecule has 1 fully saturated rings. The summed E-state index contributed by atoms with van der Waals surface area (Å²) >= 11 is 0. The predicted octanol–water partition coefficient (Wildman–Crippen LogP) is 4.19. The van der Waals surface area contributed by atoms with Gasteiger partial charge in [0.15, 0.2) is 0 Å². The third-order valence-corrected chi connectivity index (χ3v) is 4.88. The largest absolute Gasteiger partial charge is 0.326 e. The lowest BCUT2D eigenvalue weighted by atomic mass is 9.97. The van der Waals surface area contributed by atoms with Crippen LogP contribution in [0.1, 0.15) is 24.0 Å². The molecule has 0 aromatic heterocycles. The minimum atomic E-state index is -0.188. The number of carbonyl (C=O) groups is 2. The van der Waals surface area contributed by atoms with Crippen molar-refractivity contribution in [3.63, 3.8) is 0 Å². The summed E-state index contributed by atoms with van der Waals surface area (Å²) in [5.74, 6) is -0.211. The summed E-state index contributed by atoms with van der Waals surface area (Å²) in [5.41, 5.74) is 3.92. The third kappa shape index (κ3) is 4.42. The quantitative estimate of drug-likeness (QED) is 0.871. The molecule has 2 aromatic rings. The van der Waals surface area contributed by atoms with E-state index in [0.717, 1.165) is 29.8 Å². The Bertz CT molecular complexity index is 789. The topological polar surface area (TPSA) is 61.4 Å². The van der Waals surface area contributed by atoms with Gasteiger partial charge >= 0.3 is 6.03 Å². The first-order valence-electron chi connectivity index (χ1n) is 9.02. The molecule has 0 radical (unpaired) electrons. The van der Waals surface area contributed by atoms with Gasteiger partial charge < -0.3 is 15.5 Å². The van der Waals surface area contributed by atoms with Gasteiger partial charge in [0, 0.05) is 24.5 Å². The summed E-state index contributed by atoms with van der Waals surface area (Å²) in [6.07, 6.45) is 1.62. The van der Waals surface area contributed by atoms with Crippen LogP contribution >= 0.6 is 0 Å². The number of piperidine rings is 1. The van der Waals surface area contributed by atoms with Crippen LogP contribution in [0, 0.1) is 19.8 Å². The molecule has 0 aliphatic carbocycles. The maximum Gasteiger partial charge on any atom is 0.321 e. The first-order chi connectivity index (χ1) is 12.5. The maximum atomic E-state index is 12.6. The fraction of sp³-hybridized carbons (Fsp3) is 0.333. The Morgan fingerprint density at radius 2 is 1.73 bits per heavy atom. The van der Waals surface area contributed by atoms with Crippen LogP contribution in [0.2, 0.25) is 0 Å². The van der Waals surface area contributed by atoms with Crippen molar-refractivity contribution in [3.05, 3.63) is 59.7 Å². The highest BCUT2D eigenvalue weighted by Gasteiger charge is 2.28. The van der Waals surface area contributed by atoms with E-state index in [2.05, 4.69) is 10.6 Å². The molecule has 5 nitrogen and oxygen atoms in total. The zero-order valence-electron chi connectivity index (χ0n) is 15.3. The summed E-state index contributed by atoms with van der Waals surface area (Å²) < 4.78 is 0. The molecule has 0 saturated carbocycles. The number of benzene rings is 2. The molecule has 136 valence electrons. The smallest absolute Gasteiger partial charge is 0.321 e. The minimum Gasteiger partial charge on any atom is -0.326 e. The van der Waals surface area contributed by atoms with E-state index < -0.39 is 0 Å². The number of nitrogens with one attached hydrogen (secondary N) is 2. The Hall–Kier alpha value is -2.82. The molecular formula is C21H25N3O2.